The summed E-state index contributed by atoms with van der Waals surface area (Å²) in [5.41, 5.74) is 1.30. The van der Waals surface area contributed by atoms with Crippen LogP contribution >= 0.6 is 24.0 Å². The number of hydrogen-bond donors (Lipinski definition) is 2. The van der Waals surface area contributed by atoms with Crippen molar-refractivity contribution in [3.05, 3.63) is 39.9 Å². The lowest BCUT2D eigenvalue weighted by Gasteiger charge is -2.47. The van der Waals surface area contributed by atoms with E-state index in [9.17, 15) is 10.1 Å². The zero-order valence-corrected chi connectivity index (χ0v) is 19.8. The van der Waals surface area contributed by atoms with Gasteiger partial charge in [-0.25, -0.2) is 0 Å². The zero-order chi connectivity index (χ0) is 19.9. The molecule has 7 nitrogen and oxygen atoms in total. The molecule has 0 aromatic heterocycles. The molecule has 0 spiro atoms. The quantitative estimate of drug-likeness (QED) is 0.145. The van der Waals surface area contributed by atoms with Gasteiger partial charge in [0, 0.05) is 43.9 Å². The van der Waals surface area contributed by atoms with E-state index in [2.05, 4.69) is 27.6 Å². The molecule has 2 heterocycles. The van der Waals surface area contributed by atoms with Crippen LogP contribution in [0.15, 0.2) is 29.3 Å². The smallest absolute Gasteiger partial charge is 0.269 e. The van der Waals surface area contributed by atoms with E-state index in [-0.39, 0.29) is 34.6 Å². The Labute approximate surface area is 190 Å². The Morgan fingerprint density at radius 3 is 2.45 bits per heavy atom. The number of fused-ring (bicyclic) bond motifs is 2. The lowest BCUT2D eigenvalue weighted by Crippen LogP contribution is -2.56. The highest BCUT2D eigenvalue weighted by Crippen LogP contribution is 2.32. The van der Waals surface area contributed by atoms with E-state index in [1.165, 1.54) is 32.1 Å². The summed E-state index contributed by atoms with van der Waals surface area (Å²) in [5, 5.41) is 17.8. The van der Waals surface area contributed by atoms with E-state index in [0.29, 0.717) is 18.1 Å². The van der Waals surface area contributed by atoms with Gasteiger partial charge in [-0.3, -0.25) is 15.1 Å². The van der Waals surface area contributed by atoms with Crippen LogP contribution in [-0.4, -0.2) is 54.5 Å². The van der Waals surface area contributed by atoms with Crippen molar-refractivity contribution in [2.45, 2.75) is 69.5 Å². The summed E-state index contributed by atoms with van der Waals surface area (Å²) in [4.78, 5) is 17.3. The van der Waals surface area contributed by atoms with Crippen molar-refractivity contribution < 1.29 is 4.92 Å². The van der Waals surface area contributed by atoms with Crippen LogP contribution in [0.5, 0.6) is 0 Å². The van der Waals surface area contributed by atoms with E-state index >= 15 is 0 Å². The summed E-state index contributed by atoms with van der Waals surface area (Å²) in [5.74, 6) is 0.906. The molecule has 0 amide bonds. The van der Waals surface area contributed by atoms with Crippen LogP contribution in [0.1, 0.15) is 50.5 Å². The Hall–Kier alpha value is -1.42. The van der Waals surface area contributed by atoms with Crippen LogP contribution in [0, 0.1) is 10.1 Å². The van der Waals surface area contributed by atoms with Gasteiger partial charge in [-0.1, -0.05) is 18.6 Å². The third-order valence-corrected chi connectivity index (χ3v) is 6.24. The largest absolute Gasteiger partial charge is 0.356 e. The van der Waals surface area contributed by atoms with Crippen LogP contribution in [0.25, 0.3) is 0 Å². The molecule has 2 N–H and O–H groups in total. The van der Waals surface area contributed by atoms with Gasteiger partial charge in [0.25, 0.3) is 5.69 Å². The third-order valence-electron chi connectivity index (χ3n) is 6.24. The van der Waals surface area contributed by atoms with Crippen molar-refractivity contribution in [3.8, 4) is 0 Å². The fraction of sp³-hybridized carbons (Fsp3) is 0.667. The van der Waals surface area contributed by atoms with E-state index in [1.807, 2.05) is 19.2 Å². The number of guanidine groups is 1. The average Bonchev–Trinajstić information content (AvgIpc) is 2.67. The molecule has 2 unspecified atom stereocenters. The maximum atomic E-state index is 10.7. The maximum absolute atomic E-state index is 10.7. The Morgan fingerprint density at radius 1 is 1.21 bits per heavy atom. The first-order valence-corrected chi connectivity index (χ1v) is 10.5. The van der Waals surface area contributed by atoms with Crippen LogP contribution in [-0.2, 0) is 6.42 Å². The Bertz CT molecular complexity index is 668. The number of piperidine rings is 2. The highest BCUT2D eigenvalue weighted by Gasteiger charge is 2.36. The second-order valence-electron chi connectivity index (χ2n) is 8.10. The van der Waals surface area contributed by atoms with Crippen molar-refractivity contribution in [2.75, 3.05) is 20.6 Å². The Morgan fingerprint density at radius 2 is 1.86 bits per heavy atom. The first-order valence-electron chi connectivity index (χ1n) is 10.5. The number of nitro benzene ring substituents is 1. The molecule has 162 valence electrons. The summed E-state index contributed by atoms with van der Waals surface area (Å²) < 4.78 is 0. The normalized spacial score (nSPS) is 24.5. The van der Waals surface area contributed by atoms with Crippen LogP contribution in [0.4, 0.5) is 5.69 Å². The zero-order valence-electron chi connectivity index (χ0n) is 17.5. The summed E-state index contributed by atoms with van der Waals surface area (Å²) in [6, 6.07) is 8.80. The second kappa shape index (κ2) is 11.7. The number of nitrogens with zero attached hydrogens (tertiary/aromatic N) is 3. The standard InChI is InChI=1S/C21H33N5O2.HI/c1-22-21(24-17-14-19-7-5-8-20(15-17)25(19)2)23-13-4-3-6-16-9-11-18(12-10-16)26(27)28;/h9-12,17,19-20H,3-8,13-15H2,1-2H3,(H2,22,23,24);1H. The molecule has 2 fully saturated rings. The molecule has 2 bridgehead atoms. The summed E-state index contributed by atoms with van der Waals surface area (Å²) in [6.45, 7) is 0.881. The molecule has 0 saturated carbocycles. The lowest BCUT2D eigenvalue weighted by molar-refractivity contribution is -0.384. The number of aryl methyl sites for hydroxylation is 1. The van der Waals surface area contributed by atoms with Crippen LogP contribution in [0.3, 0.4) is 0 Å². The first-order chi connectivity index (χ1) is 13.6. The molecular formula is C21H34IN5O2. The van der Waals surface area contributed by atoms with E-state index in [4.69, 9.17) is 0 Å². The SMILES string of the molecule is CN=C(NCCCCc1ccc([N+](=O)[O-])cc1)NC1CC2CCCC(C1)N2C.I. The third kappa shape index (κ3) is 6.80. The molecule has 2 aliphatic heterocycles. The van der Waals surface area contributed by atoms with Crippen molar-refractivity contribution in [2.24, 2.45) is 4.99 Å². The first kappa shape index (κ1) is 23.9. The number of rotatable bonds is 7. The van der Waals surface area contributed by atoms with Crippen LogP contribution < -0.4 is 10.6 Å². The Balaban J connectivity index is 0.00000300. The molecule has 0 radical (unpaired) electrons. The van der Waals surface area contributed by atoms with Gasteiger partial charge in [-0.15, -0.1) is 24.0 Å². The predicted molar refractivity (Wildman–Crippen MR) is 128 cm³/mol. The van der Waals surface area contributed by atoms with Gasteiger partial charge in [-0.2, -0.15) is 0 Å². The summed E-state index contributed by atoms with van der Waals surface area (Å²) in [7, 11) is 4.12. The molecule has 8 heteroatoms. The Kier molecular flexibility index (Phi) is 9.61. The second-order valence-corrected chi connectivity index (χ2v) is 8.10. The van der Waals surface area contributed by atoms with Crippen molar-refractivity contribution in [1.82, 2.24) is 15.5 Å². The minimum atomic E-state index is -0.357. The van der Waals surface area contributed by atoms with Crippen LogP contribution in [0.2, 0.25) is 0 Å². The van der Waals surface area contributed by atoms with Gasteiger partial charge >= 0.3 is 0 Å². The van der Waals surface area contributed by atoms with Gasteiger partial charge in [0.05, 0.1) is 4.92 Å². The number of nitrogens with one attached hydrogen (secondary N) is 2. The monoisotopic (exact) mass is 515 g/mol. The van der Waals surface area contributed by atoms with Crippen molar-refractivity contribution in [3.63, 3.8) is 0 Å². The molecular weight excluding hydrogens is 481 g/mol. The van der Waals surface area contributed by atoms with Gasteiger partial charge in [0.1, 0.15) is 0 Å². The van der Waals surface area contributed by atoms with E-state index in [0.717, 1.165) is 37.3 Å². The predicted octanol–water partition coefficient (Wildman–Crippen LogP) is 3.72. The minimum absolute atomic E-state index is 0. The maximum Gasteiger partial charge on any atom is 0.269 e. The molecule has 1 aromatic carbocycles. The number of unbranched alkanes of at least 4 members (excludes halogenated alkanes) is 1. The molecule has 2 aliphatic rings. The molecule has 2 saturated heterocycles. The minimum Gasteiger partial charge on any atom is -0.356 e. The van der Waals surface area contributed by atoms with Crippen molar-refractivity contribution >= 4 is 35.6 Å². The lowest BCUT2D eigenvalue weighted by atomic mass is 9.82. The van der Waals surface area contributed by atoms with E-state index in [1.54, 1.807) is 12.1 Å². The number of hydrogen-bond acceptors (Lipinski definition) is 4. The fourth-order valence-corrected chi connectivity index (χ4v) is 4.57. The summed E-state index contributed by atoms with van der Waals surface area (Å²) >= 11 is 0. The molecule has 2 atom stereocenters. The number of aliphatic imine (C=N–C) groups is 1. The topological polar surface area (TPSA) is 82.8 Å². The van der Waals surface area contributed by atoms with Gasteiger partial charge in [-0.05, 0) is 57.6 Å². The number of non-ortho nitro benzene ring substituents is 1. The van der Waals surface area contributed by atoms with E-state index < -0.39 is 0 Å². The van der Waals surface area contributed by atoms with Gasteiger partial charge < -0.3 is 15.5 Å². The molecule has 1 aromatic rings. The summed E-state index contributed by atoms with van der Waals surface area (Å²) in [6.07, 6.45) is 9.43. The molecule has 3 rings (SSSR count). The molecule has 0 aliphatic carbocycles. The number of halogens is 1. The number of nitro groups is 1. The van der Waals surface area contributed by atoms with Gasteiger partial charge in [0.2, 0.25) is 0 Å². The average molecular weight is 515 g/mol. The highest BCUT2D eigenvalue weighted by atomic mass is 127. The fourth-order valence-electron chi connectivity index (χ4n) is 4.57. The number of benzene rings is 1. The van der Waals surface area contributed by atoms with Crippen molar-refractivity contribution in [1.29, 1.82) is 0 Å². The molecule has 29 heavy (non-hydrogen) atoms. The van der Waals surface area contributed by atoms with Gasteiger partial charge in [0.15, 0.2) is 5.96 Å². The highest BCUT2D eigenvalue weighted by molar-refractivity contribution is 14.0.